The van der Waals surface area contributed by atoms with Crippen LogP contribution in [0.2, 0.25) is 10.0 Å². The fourth-order valence-corrected chi connectivity index (χ4v) is 3.63. The van der Waals surface area contributed by atoms with Crippen molar-refractivity contribution in [1.29, 1.82) is 0 Å². The summed E-state index contributed by atoms with van der Waals surface area (Å²) in [5.74, 6) is 1.48. The average Bonchev–Trinajstić information content (AvgIpc) is 3.24. The number of carbonyl (C=O) groups excluding carboxylic acids is 1. The molecule has 0 saturated carbocycles. The Morgan fingerprint density at radius 1 is 1.29 bits per heavy atom. The molecule has 0 saturated heterocycles. The SMILES string of the molecule is CCSc1nnc(C)n1NC(=S)NC(=O)c1ccc(-c2ccc(Cl)cc2Cl)o1. The monoisotopic (exact) mass is 455 g/mol. The molecule has 0 spiro atoms. The Balaban J connectivity index is 1.69. The largest absolute Gasteiger partial charge is 0.451 e. The van der Waals surface area contributed by atoms with Gasteiger partial charge >= 0.3 is 0 Å². The van der Waals surface area contributed by atoms with E-state index < -0.39 is 5.91 Å². The van der Waals surface area contributed by atoms with E-state index in [1.54, 1.807) is 41.9 Å². The van der Waals surface area contributed by atoms with Gasteiger partial charge in [0.25, 0.3) is 5.91 Å². The molecule has 7 nitrogen and oxygen atoms in total. The summed E-state index contributed by atoms with van der Waals surface area (Å²) in [6.45, 7) is 3.78. The summed E-state index contributed by atoms with van der Waals surface area (Å²) in [5.41, 5.74) is 3.52. The quantitative estimate of drug-likeness (QED) is 0.431. The number of hydrogen-bond acceptors (Lipinski definition) is 6. The molecule has 1 amide bonds. The lowest BCUT2D eigenvalue weighted by Gasteiger charge is -2.12. The van der Waals surface area contributed by atoms with Gasteiger partial charge in [0.15, 0.2) is 10.9 Å². The number of thioether (sulfide) groups is 1. The van der Waals surface area contributed by atoms with E-state index in [1.807, 2.05) is 6.92 Å². The van der Waals surface area contributed by atoms with E-state index in [-0.39, 0.29) is 10.9 Å². The Morgan fingerprint density at radius 2 is 2.07 bits per heavy atom. The maximum absolute atomic E-state index is 12.4. The Bertz CT molecular complexity index is 1030. The fraction of sp³-hybridized carbons (Fsp3) is 0.176. The van der Waals surface area contributed by atoms with Crippen LogP contribution in [0.15, 0.2) is 39.9 Å². The van der Waals surface area contributed by atoms with Gasteiger partial charge in [-0.25, -0.2) is 4.68 Å². The number of amides is 1. The number of furan rings is 1. The molecule has 28 heavy (non-hydrogen) atoms. The van der Waals surface area contributed by atoms with Crippen molar-refractivity contribution in [3.63, 3.8) is 0 Å². The highest BCUT2D eigenvalue weighted by molar-refractivity contribution is 7.99. The van der Waals surface area contributed by atoms with Crippen molar-refractivity contribution in [3.05, 3.63) is 52.0 Å². The summed E-state index contributed by atoms with van der Waals surface area (Å²) in [4.78, 5) is 12.4. The van der Waals surface area contributed by atoms with E-state index in [4.69, 9.17) is 39.8 Å². The number of aromatic nitrogens is 3. The summed E-state index contributed by atoms with van der Waals surface area (Å²) >= 11 is 18.8. The molecule has 0 aliphatic heterocycles. The molecule has 0 radical (unpaired) electrons. The van der Waals surface area contributed by atoms with Gasteiger partial charge in [-0.1, -0.05) is 41.9 Å². The Labute approximate surface area is 180 Å². The summed E-state index contributed by atoms with van der Waals surface area (Å²) in [6.07, 6.45) is 0. The maximum atomic E-state index is 12.4. The smallest absolute Gasteiger partial charge is 0.293 e. The van der Waals surface area contributed by atoms with Crippen molar-refractivity contribution in [1.82, 2.24) is 20.2 Å². The molecule has 2 heterocycles. The second kappa shape index (κ2) is 8.95. The third-order valence-corrected chi connectivity index (χ3v) is 5.09. The summed E-state index contributed by atoms with van der Waals surface area (Å²) in [7, 11) is 0. The number of nitrogens with one attached hydrogen (secondary N) is 2. The van der Waals surface area contributed by atoms with Crippen LogP contribution >= 0.6 is 47.2 Å². The van der Waals surface area contributed by atoms with Gasteiger partial charge in [0.2, 0.25) is 5.16 Å². The van der Waals surface area contributed by atoms with E-state index in [1.165, 1.54) is 11.8 Å². The minimum absolute atomic E-state index is 0.0910. The van der Waals surface area contributed by atoms with Crippen molar-refractivity contribution in [2.45, 2.75) is 19.0 Å². The molecule has 11 heteroatoms. The first-order valence-electron chi connectivity index (χ1n) is 8.11. The van der Waals surface area contributed by atoms with Crippen LogP contribution in [0.1, 0.15) is 23.3 Å². The molecule has 146 valence electrons. The van der Waals surface area contributed by atoms with Gasteiger partial charge in [-0.3, -0.25) is 15.5 Å². The molecule has 2 N–H and O–H groups in total. The zero-order chi connectivity index (χ0) is 20.3. The highest BCUT2D eigenvalue weighted by Gasteiger charge is 2.17. The Hall–Kier alpha value is -2.07. The van der Waals surface area contributed by atoms with Crippen LogP contribution in [-0.2, 0) is 0 Å². The van der Waals surface area contributed by atoms with E-state index in [0.717, 1.165) is 5.75 Å². The first-order chi connectivity index (χ1) is 13.4. The lowest BCUT2D eigenvalue weighted by atomic mass is 10.2. The van der Waals surface area contributed by atoms with Crippen LogP contribution in [-0.4, -0.2) is 31.6 Å². The zero-order valence-electron chi connectivity index (χ0n) is 14.8. The molecule has 0 fully saturated rings. The van der Waals surface area contributed by atoms with Crippen LogP contribution in [0.3, 0.4) is 0 Å². The summed E-state index contributed by atoms with van der Waals surface area (Å²) < 4.78 is 7.22. The lowest BCUT2D eigenvalue weighted by Crippen LogP contribution is -2.38. The Morgan fingerprint density at radius 3 is 2.79 bits per heavy atom. The average molecular weight is 456 g/mol. The molecule has 1 aromatic carbocycles. The van der Waals surface area contributed by atoms with E-state index in [2.05, 4.69) is 20.9 Å². The molecule has 0 aliphatic rings. The van der Waals surface area contributed by atoms with Crippen molar-refractivity contribution in [2.24, 2.45) is 0 Å². The number of thiocarbonyl (C=S) groups is 1. The number of hydrogen-bond donors (Lipinski definition) is 2. The topological polar surface area (TPSA) is 85.0 Å². The molecule has 3 rings (SSSR count). The van der Waals surface area contributed by atoms with Crippen LogP contribution < -0.4 is 10.7 Å². The zero-order valence-corrected chi connectivity index (χ0v) is 18.0. The molecule has 0 aliphatic carbocycles. The number of benzene rings is 1. The van der Waals surface area contributed by atoms with Crippen LogP contribution in [0.4, 0.5) is 0 Å². The molecule has 0 unspecified atom stereocenters. The third kappa shape index (κ3) is 4.67. The number of nitrogens with zero attached hydrogens (tertiary/aromatic N) is 3. The molecule has 2 aromatic heterocycles. The normalized spacial score (nSPS) is 10.7. The van der Waals surface area contributed by atoms with Gasteiger partial charge in [0, 0.05) is 10.6 Å². The van der Waals surface area contributed by atoms with Crippen LogP contribution in [0.5, 0.6) is 0 Å². The van der Waals surface area contributed by atoms with Crippen molar-refractivity contribution in [2.75, 3.05) is 11.2 Å². The van der Waals surface area contributed by atoms with Crippen LogP contribution in [0.25, 0.3) is 11.3 Å². The lowest BCUT2D eigenvalue weighted by molar-refractivity contribution is 0.0951. The van der Waals surface area contributed by atoms with Gasteiger partial charge in [-0.2, -0.15) is 0 Å². The predicted molar refractivity (Wildman–Crippen MR) is 115 cm³/mol. The standard InChI is InChI=1S/C17H15Cl2N5O2S2/c1-3-28-17-22-21-9(2)24(17)23-16(27)20-15(25)14-7-6-13(26-14)11-5-4-10(18)8-12(11)19/h4-8H,3H2,1-2H3,(H2,20,23,25,27). The number of rotatable bonds is 5. The van der Waals surface area contributed by atoms with Gasteiger partial charge in [0.1, 0.15) is 11.6 Å². The molecule has 0 bridgehead atoms. The van der Waals surface area contributed by atoms with Crippen LogP contribution in [0, 0.1) is 6.92 Å². The van der Waals surface area contributed by atoms with Gasteiger partial charge in [-0.05, 0) is 55.2 Å². The fourth-order valence-electron chi connectivity index (χ4n) is 2.28. The second-order valence-corrected chi connectivity index (χ2v) is 7.96. The second-order valence-electron chi connectivity index (χ2n) is 5.48. The highest BCUT2D eigenvalue weighted by Crippen LogP contribution is 2.31. The highest BCUT2D eigenvalue weighted by atomic mass is 35.5. The van der Waals surface area contributed by atoms with Crippen molar-refractivity contribution in [3.8, 4) is 11.3 Å². The predicted octanol–water partition coefficient (Wildman–Crippen LogP) is 4.52. The first kappa shape index (κ1) is 20.7. The van der Waals surface area contributed by atoms with Gasteiger partial charge in [-0.15, -0.1) is 10.2 Å². The van der Waals surface area contributed by atoms with E-state index >= 15 is 0 Å². The first-order valence-corrected chi connectivity index (χ1v) is 10.3. The number of carbonyl (C=O) groups is 1. The minimum atomic E-state index is -0.496. The van der Waals surface area contributed by atoms with Crippen molar-refractivity contribution < 1.29 is 9.21 Å². The van der Waals surface area contributed by atoms with E-state index in [0.29, 0.717) is 32.3 Å². The van der Waals surface area contributed by atoms with Gasteiger partial charge < -0.3 is 4.42 Å². The van der Waals surface area contributed by atoms with Gasteiger partial charge in [0.05, 0.1) is 5.02 Å². The number of halogens is 2. The molecular formula is C17H15Cl2N5O2S2. The minimum Gasteiger partial charge on any atom is -0.451 e. The molecular weight excluding hydrogens is 441 g/mol. The summed E-state index contributed by atoms with van der Waals surface area (Å²) in [6, 6.07) is 8.21. The van der Waals surface area contributed by atoms with Crippen molar-refractivity contribution >= 4 is 58.2 Å². The molecule has 3 aromatic rings. The van der Waals surface area contributed by atoms with E-state index in [9.17, 15) is 4.79 Å². The molecule has 0 atom stereocenters. The number of aryl methyl sites for hydroxylation is 1. The maximum Gasteiger partial charge on any atom is 0.293 e. The Kier molecular flexibility index (Phi) is 6.61. The third-order valence-electron chi connectivity index (χ3n) is 3.54. The summed E-state index contributed by atoms with van der Waals surface area (Å²) in [5, 5.41) is 12.3.